The van der Waals surface area contributed by atoms with Crippen molar-refractivity contribution in [2.75, 3.05) is 13.1 Å². The molecule has 0 saturated carbocycles. The van der Waals surface area contributed by atoms with Crippen LogP contribution in [0.3, 0.4) is 0 Å². The van der Waals surface area contributed by atoms with E-state index in [9.17, 15) is 39.0 Å². The fraction of sp³-hybridized carbons (Fsp3) is 0.409. The van der Waals surface area contributed by atoms with Crippen LogP contribution >= 0.6 is 0 Å². The lowest BCUT2D eigenvalue weighted by Gasteiger charge is -2.30. The number of fused-ring (bicyclic) bond motifs is 3. The van der Waals surface area contributed by atoms with E-state index in [1.54, 1.807) is 49.4 Å². The highest BCUT2D eigenvalue weighted by molar-refractivity contribution is 5.97. The summed E-state index contributed by atoms with van der Waals surface area (Å²) in [6.45, 7) is 6.94. The van der Waals surface area contributed by atoms with Crippen molar-refractivity contribution in [1.29, 1.82) is 0 Å². The van der Waals surface area contributed by atoms with E-state index < -0.39 is 78.1 Å². The molecule has 1 aliphatic heterocycles. The Labute approximate surface area is 343 Å². The number of hydrogen-bond donors (Lipinski definition) is 8. The van der Waals surface area contributed by atoms with Gasteiger partial charge in [-0.1, -0.05) is 94.8 Å². The number of benzene rings is 3. The highest BCUT2D eigenvalue weighted by atomic mass is 16.4. The number of hydrogen-bond acceptors (Lipinski definition) is 8. The van der Waals surface area contributed by atoms with E-state index in [-0.39, 0.29) is 44.0 Å². The summed E-state index contributed by atoms with van der Waals surface area (Å²) in [6.07, 6.45) is 0.636. The van der Waals surface area contributed by atoms with Crippen molar-refractivity contribution in [3.63, 3.8) is 0 Å². The number of nitrogens with one attached hydrogen (secondary N) is 5. The molecule has 15 nitrogen and oxygen atoms in total. The molecule has 0 fully saturated rings. The van der Waals surface area contributed by atoms with Crippen LogP contribution in [0.15, 0.2) is 78.9 Å². The van der Waals surface area contributed by atoms with Gasteiger partial charge in [-0.25, -0.2) is 4.79 Å². The zero-order valence-electron chi connectivity index (χ0n) is 33.9. The first kappa shape index (κ1) is 43.9. The number of nitrogens with two attached hydrogens (primary N) is 1. The molecule has 1 aliphatic rings. The smallest absolute Gasteiger partial charge is 0.326 e. The number of nitrogens with zero attached hydrogens (tertiary/aromatic N) is 1. The number of carboxylic acid groups (broad SMARTS) is 1. The van der Waals surface area contributed by atoms with Crippen molar-refractivity contribution in [3.8, 4) is 5.75 Å². The second kappa shape index (κ2) is 20.0. The van der Waals surface area contributed by atoms with Crippen LogP contribution in [0.25, 0.3) is 10.9 Å². The van der Waals surface area contributed by atoms with Gasteiger partial charge in [0.25, 0.3) is 0 Å². The van der Waals surface area contributed by atoms with Gasteiger partial charge in [-0.15, -0.1) is 0 Å². The predicted molar refractivity (Wildman–Crippen MR) is 222 cm³/mol. The van der Waals surface area contributed by atoms with Crippen LogP contribution < -0.4 is 27.0 Å². The molecule has 3 aromatic carbocycles. The van der Waals surface area contributed by atoms with E-state index in [1.807, 2.05) is 45.0 Å². The van der Waals surface area contributed by atoms with Crippen molar-refractivity contribution >= 4 is 46.4 Å². The van der Waals surface area contributed by atoms with Crippen molar-refractivity contribution in [2.45, 2.75) is 84.1 Å². The summed E-state index contributed by atoms with van der Waals surface area (Å²) in [5, 5.41) is 31.7. The van der Waals surface area contributed by atoms with Crippen molar-refractivity contribution in [2.24, 2.45) is 23.5 Å². The fourth-order valence-corrected chi connectivity index (χ4v) is 7.37. The largest absolute Gasteiger partial charge is 0.508 e. The molecule has 5 rings (SSSR count). The molecule has 59 heavy (non-hydrogen) atoms. The molecular formula is C44H55N7O8. The lowest BCUT2D eigenvalue weighted by molar-refractivity contribution is -0.143. The number of carbonyl (C=O) groups excluding carboxylic acids is 5. The number of aromatic nitrogens is 1. The minimum absolute atomic E-state index is 0.0105. The van der Waals surface area contributed by atoms with Gasteiger partial charge in [-0.3, -0.25) is 24.0 Å². The maximum atomic E-state index is 14.4. The summed E-state index contributed by atoms with van der Waals surface area (Å²) in [5.74, 6) is -5.21. The Bertz CT molecular complexity index is 2120. The lowest BCUT2D eigenvalue weighted by atomic mass is 9.93. The summed E-state index contributed by atoms with van der Waals surface area (Å²) in [6, 6.07) is 17.9. The molecule has 2 heterocycles. The standard InChI is InChI=1S/C44H55N7O8/c1-5-26(4)39(50-41(55)34(19-28-15-17-29(52)18-16-28)48-40(54)32(22-45)25(2)3)42(56)49-35-21-31-30-13-9-10-14-33(30)46-37(31)23-51(43(35)57)24-38(53)47-36(44(58)59)20-27-11-7-6-8-12-27/h6-18,25-26,32,34-36,39,46,52H,5,19-24,45H2,1-4H3,(H,47,53)(H,48,54)(H,49,56)(H,50,55)(H,58,59)/t26-,32-,34?,35-,36-,39-/m0/s1. The number of carboxylic acids is 1. The van der Waals surface area contributed by atoms with Gasteiger partial charge < -0.3 is 47.1 Å². The molecule has 0 saturated heterocycles. The molecule has 0 aliphatic carbocycles. The summed E-state index contributed by atoms with van der Waals surface area (Å²) >= 11 is 0. The molecule has 0 spiro atoms. The number of aromatic hydroxyl groups is 1. The number of amides is 5. The molecule has 5 amide bonds. The molecule has 0 radical (unpaired) electrons. The van der Waals surface area contributed by atoms with E-state index in [4.69, 9.17) is 5.73 Å². The van der Waals surface area contributed by atoms with Gasteiger partial charge in [0.15, 0.2) is 0 Å². The first-order valence-corrected chi connectivity index (χ1v) is 20.0. The van der Waals surface area contributed by atoms with Crippen molar-refractivity contribution < 1.29 is 39.0 Å². The Morgan fingerprint density at radius 3 is 2.12 bits per heavy atom. The van der Waals surface area contributed by atoms with Gasteiger partial charge in [0.1, 0.15) is 36.5 Å². The lowest BCUT2D eigenvalue weighted by Crippen LogP contribution is -2.60. The predicted octanol–water partition coefficient (Wildman–Crippen LogP) is 2.54. The summed E-state index contributed by atoms with van der Waals surface area (Å²) in [7, 11) is 0. The van der Waals surface area contributed by atoms with Gasteiger partial charge in [-0.2, -0.15) is 0 Å². The molecule has 4 aromatic rings. The quantitative estimate of drug-likeness (QED) is 0.0737. The minimum Gasteiger partial charge on any atom is -0.508 e. The number of H-pyrrole nitrogens is 1. The third kappa shape index (κ3) is 11.3. The van der Waals surface area contributed by atoms with Crippen LogP contribution in [-0.4, -0.2) is 92.9 Å². The van der Waals surface area contributed by atoms with E-state index >= 15 is 0 Å². The van der Waals surface area contributed by atoms with Crippen LogP contribution in [0.2, 0.25) is 0 Å². The third-order valence-corrected chi connectivity index (χ3v) is 11.0. The second-order valence-electron chi connectivity index (χ2n) is 15.6. The maximum Gasteiger partial charge on any atom is 0.326 e. The van der Waals surface area contributed by atoms with E-state index in [1.165, 1.54) is 17.0 Å². The monoisotopic (exact) mass is 809 g/mol. The number of para-hydroxylation sites is 1. The summed E-state index contributed by atoms with van der Waals surface area (Å²) in [5.41, 5.74) is 9.52. The maximum absolute atomic E-state index is 14.4. The van der Waals surface area contributed by atoms with Gasteiger partial charge in [0, 0.05) is 42.4 Å². The van der Waals surface area contributed by atoms with E-state index in [0.717, 1.165) is 16.5 Å². The van der Waals surface area contributed by atoms with Crippen LogP contribution in [0.5, 0.6) is 5.75 Å². The highest BCUT2D eigenvalue weighted by Gasteiger charge is 2.38. The van der Waals surface area contributed by atoms with Crippen molar-refractivity contribution in [1.82, 2.24) is 31.2 Å². The average Bonchev–Trinajstić information content (AvgIpc) is 3.49. The molecule has 6 atom stereocenters. The first-order chi connectivity index (χ1) is 28.2. The Morgan fingerprint density at radius 1 is 0.831 bits per heavy atom. The van der Waals surface area contributed by atoms with E-state index in [2.05, 4.69) is 26.3 Å². The van der Waals surface area contributed by atoms with Crippen LogP contribution in [0.4, 0.5) is 0 Å². The SMILES string of the molecule is CC[C@H](C)[C@H](NC(=O)C(Cc1ccc(O)cc1)NC(=O)[C@@H](CN)C(C)C)C(=O)N[C@H]1Cc2c([nH]c3ccccc23)CN(CC(=O)N[C@@H](Cc2ccccc2)C(=O)O)C1=O. The van der Waals surface area contributed by atoms with Crippen molar-refractivity contribution in [3.05, 3.63) is 101 Å². The summed E-state index contributed by atoms with van der Waals surface area (Å²) in [4.78, 5) is 86.5. The van der Waals surface area contributed by atoms with Gasteiger partial charge in [0.05, 0.1) is 12.5 Å². The van der Waals surface area contributed by atoms with Crippen LogP contribution in [-0.2, 0) is 54.6 Å². The second-order valence-corrected chi connectivity index (χ2v) is 15.6. The Balaban J connectivity index is 1.39. The molecule has 9 N–H and O–H groups in total. The zero-order chi connectivity index (χ0) is 42.8. The fourth-order valence-electron chi connectivity index (χ4n) is 7.37. The number of aliphatic carboxylic acids is 1. The molecule has 1 unspecified atom stereocenters. The highest BCUT2D eigenvalue weighted by Crippen LogP contribution is 2.28. The molecule has 15 heteroatoms. The minimum atomic E-state index is -1.25. The number of phenolic OH excluding ortho intramolecular Hbond substituents is 1. The molecular weight excluding hydrogens is 755 g/mol. The normalized spacial score (nSPS) is 16.5. The third-order valence-electron chi connectivity index (χ3n) is 11.0. The number of rotatable bonds is 18. The Kier molecular flexibility index (Phi) is 14.9. The van der Waals surface area contributed by atoms with Gasteiger partial charge in [-0.05, 0) is 46.7 Å². The van der Waals surface area contributed by atoms with E-state index in [0.29, 0.717) is 23.2 Å². The molecule has 314 valence electrons. The topological polar surface area (TPSA) is 236 Å². The average molecular weight is 810 g/mol. The van der Waals surface area contributed by atoms with Crippen LogP contribution in [0.1, 0.15) is 56.5 Å². The van der Waals surface area contributed by atoms with Gasteiger partial charge in [0.2, 0.25) is 29.5 Å². The first-order valence-electron chi connectivity index (χ1n) is 20.0. The zero-order valence-corrected chi connectivity index (χ0v) is 33.9. The number of phenols is 1. The van der Waals surface area contributed by atoms with Crippen LogP contribution in [0, 0.1) is 17.8 Å². The Hall–Kier alpha value is -6.22. The summed E-state index contributed by atoms with van der Waals surface area (Å²) < 4.78 is 0. The van der Waals surface area contributed by atoms with Gasteiger partial charge >= 0.3 is 5.97 Å². The Morgan fingerprint density at radius 2 is 1.47 bits per heavy atom. The molecule has 0 bridgehead atoms. The molecule has 1 aromatic heterocycles. The number of carbonyl (C=O) groups is 6. The number of aromatic amines is 1.